The molecule has 1 N–H and O–H groups in total. The Bertz CT molecular complexity index is 1180. The summed E-state index contributed by atoms with van der Waals surface area (Å²) >= 11 is 8.05. The molecule has 6 heteroatoms. The van der Waals surface area contributed by atoms with Crippen molar-refractivity contribution >= 4 is 57.5 Å². The van der Waals surface area contributed by atoms with Crippen LogP contribution in [-0.4, -0.2) is 23.2 Å². The number of allylic oxidation sites excluding steroid dienone is 1. The Hall–Kier alpha value is -2.50. The lowest BCUT2D eigenvalue weighted by molar-refractivity contribution is -0.115. The summed E-state index contributed by atoms with van der Waals surface area (Å²) in [5, 5.41) is 4.08. The van der Waals surface area contributed by atoms with Gasteiger partial charge in [0.1, 0.15) is 0 Å². The number of halogens is 1. The number of nitrogens with zero attached hydrogens (tertiary/aromatic N) is 2. The monoisotopic (exact) mass is 465 g/mol. The molecule has 1 saturated heterocycles. The van der Waals surface area contributed by atoms with Gasteiger partial charge >= 0.3 is 0 Å². The first-order chi connectivity index (χ1) is 15.2. The van der Waals surface area contributed by atoms with Gasteiger partial charge in [0.25, 0.3) is 5.91 Å². The smallest absolute Gasteiger partial charge is 0.264 e. The Morgan fingerprint density at radius 3 is 2.72 bits per heavy atom. The van der Waals surface area contributed by atoms with Crippen LogP contribution in [0.2, 0.25) is 5.02 Å². The summed E-state index contributed by atoms with van der Waals surface area (Å²) in [6.07, 6.45) is 5.22. The number of fused-ring (bicyclic) bond motifs is 1. The molecule has 1 amide bonds. The standard InChI is InChI=1S/C26H28ClN3OS/c1-6-10-30-22-14-21(27)18(12-20(22)17(3)15-26(30,4)5)13-23-24(31)29-25(32-23)28-19-9-7-8-16(2)11-19/h7-9,11-15H,6,10H2,1-5H3,(H,28,29,31)/b23-13+. The lowest BCUT2D eigenvalue weighted by atomic mass is 9.87. The van der Waals surface area contributed by atoms with Crippen LogP contribution >= 0.6 is 23.4 Å². The first-order valence-electron chi connectivity index (χ1n) is 10.8. The highest BCUT2D eigenvalue weighted by molar-refractivity contribution is 8.18. The maximum atomic E-state index is 12.6. The van der Waals surface area contributed by atoms with E-state index in [2.05, 4.69) is 55.0 Å². The maximum absolute atomic E-state index is 12.6. The molecule has 32 heavy (non-hydrogen) atoms. The number of thioether (sulfide) groups is 1. The van der Waals surface area contributed by atoms with Crippen LogP contribution in [0.3, 0.4) is 0 Å². The maximum Gasteiger partial charge on any atom is 0.264 e. The second kappa shape index (κ2) is 8.80. The molecule has 2 aliphatic rings. The topological polar surface area (TPSA) is 44.7 Å². The Labute approximate surface area is 199 Å². The van der Waals surface area contributed by atoms with Crippen LogP contribution < -0.4 is 10.2 Å². The second-order valence-electron chi connectivity index (χ2n) is 8.84. The van der Waals surface area contributed by atoms with E-state index in [0.717, 1.165) is 41.0 Å². The summed E-state index contributed by atoms with van der Waals surface area (Å²) < 4.78 is 0. The number of hydrogen-bond acceptors (Lipinski definition) is 4. The molecule has 0 aliphatic carbocycles. The molecule has 2 aromatic rings. The van der Waals surface area contributed by atoms with Gasteiger partial charge in [-0.2, -0.15) is 0 Å². The van der Waals surface area contributed by atoms with Crippen LogP contribution in [0.5, 0.6) is 0 Å². The second-order valence-corrected chi connectivity index (χ2v) is 10.3. The van der Waals surface area contributed by atoms with Crippen molar-refractivity contribution < 1.29 is 4.79 Å². The number of carbonyl (C=O) groups excluding carboxylic acids is 1. The van der Waals surface area contributed by atoms with Gasteiger partial charge < -0.3 is 10.2 Å². The van der Waals surface area contributed by atoms with Gasteiger partial charge in [-0.3, -0.25) is 4.79 Å². The summed E-state index contributed by atoms with van der Waals surface area (Å²) in [4.78, 5) is 20.1. The summed E-state index contributed by atoms with van der Waals surface area (Å²) in [6.45, 7) is 11.8. The van der Waals surface area contributed by atoms with Crippen molar-refractivity contribution in [2.24, 2.45) is 4.99 Å². The third kappa shape index (κ3) is 4.50. The van der Waals surface area contributed by atoms with Crippen molar-refractivity contribution in [3.05, 3.63) is 69.1 Å². The number of nitrogens with one attached hydrogen (secondary N) is 1. The number of carbonyl (C=O) groups is 1. The average Bonchev–Trinajstić information content (AvgIpc) is 3.04. The van der Waals surface area contributed by atoms with Crippen LogP contribution in [0.25, 0.3) is 11.6 Å². The van der Waals surface area contributed by atoms with Gasteiger partial charge in [-0.1, -0.05) is 36.7 Å². The molecule has 166 valence electrons. The molecule has 0 saturated carbocycles. The molecular formula is C26H28ClN3OS. The minimum Gasteiger partial charge on any atom is -0.362 e. The fraction of sp³-hybridized carbons (Fsp3) is 0.308. The number of aliphatic imine (C=N–C) groups is 1. The third-order valence-electron chi connectivity index (χ3n) is 5.71. The van der Waals surface area contributed by atoms with E-state index < -0.39 is 0 Å². The third-order valence-corrected chi connectivity index (χ3v) is 6.95. The molecule has 2 heterocycles. The highest BCUT2D eigenvalue weighted by atomic mass is 35.5. The van der Waals surface area contributed by atoms with E-state index in [1.54, 1.807) is 0 Å². The molecule has 0 spiro atoms. The summed E-state index contributed by atoms with van der Waals surface area (Å²) in [7, 11) is 0. The number of rotatable bonds is 4. The van der Waals surface area contributed by atoms with Gasteiger partial charge in [-0.25, -0.2) is 4.99 Å². The van der Waals surface area contributed by atoms with Gasteiger partial charge in [0, 0.05) is 22.8 Å². The molecule has 0 bridgehead atoms. The minimum atomic E-state index is -0.156. The van der Waals surface area contributed by atoms with E-state index >= 15 is 0 Å². The summed E-state index contributed by atoms with van der Waals surface area (Å²) in [6, 6.07) is 12.0. The zero-order chi connectivity index (χ0) is 23.0. The SMILES string of the molecule is CCCN1c2cc(Cl)c(/C=C3/SC(=Nc4cccc(C)c4)NC3=O)cc2C(C)=CC1(C)C. The Balaban J connectivity index is 1.68. The van der Waals surface area contributed by atoms with E-state index in [1.165, 1.54) is 17.3 Å². The lowest BCUT2D eigenvalue weighted by Gasteiger charge is -2.43. The predicted octanol–water partition coefficient (Wildman–Crippen LogP) is 6.95. The van der Waals surface area contributed by atoms with E-state index in [-0.39, 0.29) is 11.4 Å². The number of anilines is 1. The summed E-state index contributed by atoms with van der Waals surface area (Å²) in [5.74, 6) is -0.156. The normalized spacial score (nSPS) is 19.9. The fourth-order valence-electron chi connectivity index (χ4n) is 4.29. The molecule has 2 aliphatic heterocycles. The van der Waals surface area contributed by atoms with E-state index in [4.69, 9.17) is 11.6 Å². The zero-order valence-electron chi connectivity index (χ0n) is 19.1. The molecule has 4 nitrogen and oxygen atoms in total. The molecule has 0 aromatic heterocycles. The van der Waals surface area contributed by atoms with Crippen LogP contribution in [0.1, 0.15) is 50.8 Å². The van der Waals surface area contributed by atoms with Crippen molar-refractivity contribution in [2.75, 3.05) is 11.4 Å². The highest BCUT2D eigenvalue weighted by Gasteiger charge is 2.31. The quantitative estimate of drug-likeness (QED) is 0.496. The molecular weight excluding hydrogens is 438 g/mol. The van der Waals surface area contributed by atoms with E-state index in [9.17, 15) is 4.79 Å². The predicted molar refractivity (Wildman–Crippen MR) is 139 cm³/mol. The van der Waals surface area contributed by atoms with Gasteiger partial charge in [0.15, 0.2) is 5.17 Å². The van der Waals surface area contributed by atoms with Crippen LogP contribution in [-0.2, 0) is 4.79 Å². The van der Waals surface area contributed by atoms with Crippen molar-refractivity contribution in [1.82, 2.24) is 5.32 Å². The number of amidine groups is 1. The van der Waals surface area contributed by atoms with Gasteiger partial charge in [0.05, 0.1) is 16.1 Å². The van der Waals surface area contributed by atoms with Gasteiger partial charge in [-0.15, -0.1) is 0 Å². The fourth-order valence-corrected chi connectivity index (χ4v) is 5.34. The van der Waals surface area contributed by atoms with Crippen molar-refractivity contribution in [3.63, 3.8) is 0 Å². The Morgan fingerprint density at radius 1 is 1.22 bits per heavy atom. The first kappa shape index (κ1) is 22.7. The number of benzene rings is 2. The van der Waals surface area contributed by atoms with Gasteiger partial charge in [0.2, 0.25) is 0 Å². The van der Waals surface area contributed by atoms with Crippen LogP contribution in [0.15, 0.2) is 52.4 Å². The zero-order valence-corrected chi connectivity index (χ0v) is 20.7. The van der Waals surface area contributed by atoms with Crippen LogP contribution in [0.4, 0.5) is 11.4 Å². The summed E-state index contributed by atoms with van der Waals surface area (Å²) in [5.41, 5.74) is 6.24. The molecule has 4 rings (SSSR count). The van der Waals surface area contributed by atoms with Crippen molar-refractivity contribution in [1.29, 1.82) is 0 Å². The van der Waals surface area contributed by atoms with Crippen molar-refractivity contribution in [3.8, 4) is 0 Å². The van der Waals surface area contributed by atoms with E-state index in [1.807, 2.05) is 43.3 Å². The largest absolute Gasteiger partial charge is 0.362 e. The molecule has 0 radical (unpaired) electrons. The Kier molecular flexibility index (Phi) is 6.24. The number of aryl methyl sites for hydroxylation is 1. The minimum absolute atomic E-state index is 0.0707. The van der Waals surface area contributed by atoms with Gasteiger partial charge in [-0.05, 0) is 92.9 Å². The Morgan fingerprint density at radius 2 is 2.00 bits per heavy atom. The number of amides is 1. The number of hydrogen-bond donors (Lipinski definition) is 1. The highest BCUT2D eigenvalue weighted by Crippen LogP contribution is 2.42. The van der Waals surface area contributed by atoms with Crippen molar-refractivity contribution in [2.45, 2.75) is 46.6 Å². The molecule has 1 fully saturated rings. The van der Waals surface area contributed by atoms with Crippen LogP contribution in [0, 0.1) is 6.92 Å². The lowest BCUT2D eigenvalue weighted by Crippen LogP contribution is -2.45. The molecule has 0 atom stereocenters. The average molecular weight is 466 g/mol. The first-order valence-corrected chi connectivity index (χ1v) is 12.0. The van der Waals surface area contributed by atoms with E-state index in [0.29, 0.717) is 15.1 Å². The molecule has 2 aromatic carbocycles. The molecule has 0 unspecified atom stereocenters.